The largest absolute Gasteiger partial charge is 0.496 e. The molecular formula is C12H17FO3. The number of halogens is 1. The summed E-state index contributed by atoms with van der Waals surface area (Å²) in [6, 6.07) is 4.29. The lowest BCUT2D eigenvalue weighted by atomic mass is 9.94. The Morgan fingerprint density at radius 3 is 2.69 bits per heavy atom. The maximum Gasteiger partial charge on any atom is 0.123 e. The molecular weight excluding hydrogens is 211 g/mol. The lowest BCUT2D eigenvalue weighted by molar-refractivity contribution is 0.0833. The highest BCUT2D eigenvalue weighted by molar-refractivity contribution is 5.36. The van der Waals surface area contributed by atoms with Gasteiger partial charge in [0.1, 0.15) is 11.6 Å². The second-order valence-corrected chi connectivity index (χ2v) is 3.86. The maximum atomic E-state index is 13.1. The van der Waals surface area contributed by atoms with Crippen LogP contribution in [-0.4, -0.2) is 30.0 Å². The summed E-state index contributed by atoms with van der Waals surface area (Å²) in [5.74, 6) is 0.188. The number of ether oxygens (including phenoxy) is 1. The standard InChI is InChI=1S/C12H17FO3/c1-8(5-10(15)7-14)11-6-9(13)3-4-12(11)16-2/h3-4,6,8,10,14-15H,5,7H2,1-2H3. The van der Waals surface area contributed by atoms with Crippen LogP contribution in [-0.2, 0) is 0 Å². The molecule has 0 fully saturated rings. The van der Waals surface area contributed by atoms with E-state index in [0.717, 1.165) is 0 Å². The van der Waals surface area contributed by atoms with E-state index in [9.17, 15) is 9.50 Å². The molecule has 0 saturated carbocycles. The highest BCUT2D eigenvalue weighted by atomic mass is 19.1. The summed E-state index contributed by atoms with van der Waals surface area (Å²) in [6.07, 6.45) is -0.418. The van der Waals surface area contributed by atoms with Gasteiger partial charge in [0, 0.05) is 0 Å². The Balaban J connectivity index is 2.88. The van der Waals surface area contributed by atoms with Crippen LogP contribution in [0.25, 0.3) is 0 Å². The van der Waals surface area contributed by atoms with Gasteiger partial charge < -0.3 is 14.9 Å². The molecule has 0 aliphatic rings. The van der Waals surface area contributed by atoms with Gasteiger partial charge in [0.2, 0.25) is 0 Å². The fourth-order valence-electron chi connectivity index (χ4n) is 1.70. The van der Waals surface area contributed by atoms with Gasteiger partial charge in [0.25, 0.3) is 0 Å². The SMILES string of the molecule is COc1ccc(F)cc1C(C)CC(O)CO. The van der Waals surface area contributed by atoms with Gasteiger partial charge in [-0.2, -0.15) is 0 Å². The molecule has 0 heterocycles. The molecule has 2 N–H and O–H groups in total. The molecule has 1 aromatic rings. The van der Waals surface area contributed by atoms with Crippen LogP contribution in [0.15, 0.2) is 18.2 Å². The number of aliphatic hydroxyl groups excluding tert-OH is 2. The first-order valence-electron chi connectivity index (χ1n) is 5.20. The quantitative estimate of drug-likeness (QED) is 0.806. The zero-order chi connectivity index (χ0) is 12.1. The summed E-state index contributed by atoms with van der Waals surface area (Å²) in [7, 11) is 1.52. The number of aliphatic hydroxyl groups is 2. The van der Waals surface area contributed by atoms with Gasteiger partial charge in [-0.3, -0.25) is 0 Å². The average molecular weight is 228 g/mol. The minimum absolute atomic E-state index is 0.0761. The molecule has 0 aliphatic carbocycles. The van der Waals surface area contributed by atoms with Crippen molar-refractivity contribution in [1.29, 1.82) is 0 Å². The van der Waals surface area contributed by atoms with Crippen LogP contribution in [0.2, 0.25) is 0 Å². The Morgan fingerprint density at radius 2 is 2.12 bits per heavy atom. The molecule has 90 valence electrons. The van der Waals surface area contributed by atoms with Crippen molar-refractivity contribution in [3.8, 4) is 5.75 Å². The second kappa shape index (κ2) is 5.82. The highest BCUT2D eigenvalue weighted by Crippen LogP contribution is 2.30. The molecule has 2 unspecified atom stereocenters. The first kappa shape index (κ1) is 12.9. The summed E-state index contributed by atoms with van der Waals surface area (Å²) in [6.45, 7) is 1.57. The third kappa shape index (κ3) is 3.18. The first-order valence-corrected chi connectivity index (χ1v) is 5.20. The van der Waals surface area contributed by atoms with E-state index in [2.05, 4.69) is 0 Å². The average Bonchev–Trinajstić information content (AvgIpc) is 2.28. The number of methoxy groups -OCH3 is 1. The van der Waals surface area contributed by atoms with E-state index in [4.69, 9.17) is 9.84 Å². The molecule has 0 radical (unpaired) electrons. The zero-order valence-electron chi connectivity index (χ0n) is 9.48. The summed E-state index contributed by atoms with van der Waals surface area (Å²) in [5, 5.41) is 18.1. The molecule has 2 atom stereocenters. The molecule has 0 spiro atoms. The van der Waals surface area contributed by atoms with Gasteiger partial charge in [-0.15, -0.1) is 0 Å². The van der Waals surface area contributed by atoms with Crippen LogP contribution in [0.1, 0.15) is 24.8 Å². The highest BCUT2D eigenvalue weighted by Gasteiger charge is 2.16. The van der Waals surface area contributed by atoms with Crippen molar-refractivity contribution in [2.75, 3.05) is 13.7 Å². The minimum Gasteiger partial charge on any atom is -0.496 e. The van der Waals surface area contributed by atoms with Gasteiger partial charge in [-0.05, 0) is 36.1 Å². The number of hydrogen-bond acceptors (Lipinski definition) is 3. The normalized spacial score (nSPS) is 14.6. The van der Waals surface area contributed by atoms with E-state index in [1.54, 1.807) is 6.07 Å². The summed E-state index contributed by atoms with van der Waals surface area (Å²) in [4.78, 5) is 0. The molecule has 0 bridgehead atoms. The van der Waals surface area contributed by atoms with E-state index < -0.39 is 6.10 Å². The van der Waals surface area contributed by atoms with E-state index in [0.29, 0.717) is 17.7 Å². The molecule has 0 saturated heterocycles. The van der Waals surface area contributed by atoms with E-state index in [-0.39, 0.29) is 18.3 Å². The molecule has 1 aromatic carbocycles. The second-order valence-electron chi connectivity index (χ2n) is 3.86. The molecule has 3 nitrogen and oxygen atoms in total. The Hall–Kier alpha value is -1.13. The molecule has 0 amide bonds. The maximum absolute atomic E-state index is 13.1. The van der Waals surface area contributed by atoms with Crippen LogP contribution in [0.4, 0.5) is 4.39 Å². The topological polar surface area (TPSA) is 49.7 Å². The third-order valence-electron chi connectivity index (χ3n) is 2.56. The van der Waals surface area contributed by atoms with E-state index in [1.807, 2.05) is 6.92 Å². The molecule has 0 aliphatic heterocycles. The predicted molar refractivity (Wildman–Crippen MR) is 59.1 cm³/mol. The van der Waals surface area contributed by atoms with Gasteiger partial charge in [-0.1, -0.05) is 6.92 Å². The van der Waals surface area contributed by atoms with Crippen molar-refractivity contribution in [2.24, 2.45) is 0 Å². The monoisotopic (exact) mass is 228 g/mol. The van der Waals surface area contributed by atoms with Gasteiger partial charge in [0.15, 0.2) is 0 Å². The lowest BCUT2D eigenvalue weighted by Gasteiger charge is -2.17. The molecule has 4 heteroatoms. The van der Waals surface area contributed by atoms with Crippen molar-refractivity contribution >= 4 is 0 Å². The third-order valence-corrected chi connectivity index (χ3v) is 2.56. The molecule has 0 aromatic heterocycles. The summed E-state index contributed by atoms with van der Waals surface area (Å²) in [5.41, 5.74) is 0.704. The fourth-order valence-corrected chi connectivity index (χ4v) is 1.70. The smallest absolute Gasteiger partial charge is 0.123 e. The van der Waals surface area contributed by atoms with Crippen LogP contribution in [0, 0.1) is 5.82 Å². The fraction of sp³-hybridized carbons (Fsp3) is 0.500. The number of rotatable bonds is 5. The Kier molecular flexibility index (Phi) is 4.71. The van der Waals surface area contributed by atoms with Crippen LogP contribution in [0.5, 0.6) is 5.75 Å². The van der Waals surface area contributed by atoms with Crippen molar-refractivity contribution < 1.29 is 19.3 Å². The van der Waals surface area contributed by atoms with Crippen LogP contribution in [0.3, 0.4) is 0 Å². The summed E-state index contributed by atoms with van der Waals surface area (Å²) >= 11 is 0. The van der Waals surface area contributed by atoms with E-state index in [1.165, 1.54) is 19.2 Å². The molecule has 16 heavy (non-hydrogen) atoms. The van der Waals surface area contributed by atoms with Gasteiger partial charge >= 0.3 is 0 Å². The van der Waals surface area contributed by atoms with Crippen molar-refractivity contribution in [3.05, 3.63) is 29.6 Å². The van der Waals surface area contributed by atoms with Crippen LogP contribution >= 0.6 is 0 Å². The van der Waals surface area contributed by atoms with Crippen molar-refractivity contribution in [2.45, 2.75) is 25.4 Å². The number of benzene rings is 1. The Labute approximate surface area is 94.5 Å². The van der Waals surface area contributed by atoms with Gasteiger partial charge in [0.05, 0.1) is 19.8 Å². The first-order chi connectivity index (χ1) is 7.58. The zero-order valence-corrected chi connectivity index (χ0v) is 9.48. The Bertz CT molecular complexity index is 341. The summed E-state index contributed by atoms with van der Waals surface area (Å²) < 4.78 is 18.2. The van der Waals surface area contributed by atoms with Crippen LogP contribution < -0.4 is 4.74 Å². The number of hydrogen-bond donors (Lipinski definition) is 2. The lowest BCUT2D eigenvalue weighted by Crippen LogP contribution is -2.15. The van der Waals surface area contributed by atoms with E-state index >= 15 is 0 Å². The Morgan fingerprint density at radius 1 is 1.44 bits per heavy atom. The van der Waals surface area contributed by atoms with Crippen molar-refractivity contribution in [3.63, 3.8) is 0 Å². The predicted octanol–water partition coefficient (Wildman–Crippen LogP) is 1.68. The molecule has 1 rings (SSSR count). The minimum atomic E-state index is -0.789. The van der Waals surface area contributed by atoms with Crippen molar-refractivity contribution in [1.82, 2.24) is 0 Å². The van der Waals surface area contributed by atoms with Gasteiger partial charge in [-0.25, -0.2) is 4.39 Å².